The van der Waals surface area contributed by atoms with Crippen LogP contribution in [0.3, 0.4) is 0 Å². The normalized spacial score (nSPS) is 12.1. The molecule has 1 atom stereocenters. The molecule has 0 spiro atoms. The summed E-state index contributed by atoms with van der Waals surface area (Å²) < 4.78 is 5.55. The molecule has 3 heteroatoms. The van der Waals surface area contributed by atoms with Crippen molar-refractivity contribution in [2.24, 2.45) is 5.73 Å². The molecular weight excluding hydrogens is 178 g/mol. The van der Waals surface area contributed by atoms with Crippen molar-refractivity contribution in [3.8, 4) is 5.75 Å². The quantitative estimate of drug-likeness (QED) is 0.794. The predicted octanol–water partition coefficient (Wildman–Crippen LogP) is 1.96. The van der Waals surface area contributed by atoms with E-state index in [4.69, 9.17) is 10.5 Å². The molecule has 2 N–H and O–H groups in total. The summed E-state index contributed by atoms with van der Waals surface area (Å²) >= 11 is 0. The summed E-state index contributed by atoms with van der Waals surface area (Å²) in [5, 5.41) is 0. The number of ether oxygens (including phenoxy) is 1. The lowest BCUT2D eigenvalue weighted by molar-refractivity contribution is 0.100. The highest BCUT2D eigenvalue weighted by Crippen LogP contribution is 2.14. The number of carbonyl (C=O) groups is 1. The van der Waals surface area contributed by atoms with E-state index in [2.05, 4.69) is 6.92 Å². The van der Waals surface area contributed by atoms with Gasteiger partial charge in [-0.3, -0.25) is 4.79 Å². The number of nitrogens with two attached hydrogens (primary N) is 1. The van der Waals surface area contributed by atoms with Crippen molar-refractivity contribution in [1.29, 1.82) is 0 Å². The Kier molecular flexibility index (Phi) is 3.51. The molecule has 0 unspecified atom stereocenters. The van der Waals surface area contributed by atoms with E-state index in [1.165, 1.54) is 0 Å². The minimum Gasteiger partial charge on any atom is -0.491 e. The highest BCUT2D eigenvalue weighted by molar-refractivity contribution is 5.92. The van der Waals surface area contributed by atoms with Crippen molar-refractivity contribution in [2.45, 2.75) is 26.4 Å². The largest absolute Gasteiger partial charge is 0.491 e. The number of primary amides is 1. The van der Waals surface area contributed by atoms with Crippen LogP contribution in [-0.4, -0.2) is 12.0 Å². The number of benzene rings is 1. The van der Waals surface area contributed by atoms with E-state index in [0.29, 0.717) is 5.56 Å². The molecule has 0 aliphatic carbocycles. The third-order valence-corrected chi connectivity index (χ3v) is 2.05. The average Bonchev–Trinajstić information content (AvgIpc) is 2.18. The topological polar surface area (TPSA) is 52.3 Å². The van der Waals surface area contributed by atoms with E-state index in [-0.39, 0.29) is 6.10 Å². The predicted molar refractivity (Wildman–Crippen MR) is 55.3 cm³/mol. The standard InChI is InChI=1S/C11H15NO2/c1-3-8(2)14-10-6-4-9(5-7-10)11(12)13/h4-8H,3H2,1-2H3,(H2,12,13)/t8-/m1/s1. The van der Waals surface area contributed by atoms with E-state index < -0.39 is 5.91 Å². The molecular formula is C11H15NO2. The molecule has 1 aromatic carbocycles. The molecule has 1 rings (SSSR count). The van der Waals surface area contributed by atoms with Gasteiger partial charge in [-0.05, 0) is 37.6 Å². The van der Waals surface area contributed by atoms with Crippen molar-refractivity contribution in [3.05, 3.63) is 29.8 Å². The number of hydrogen-bond donors (Lipinski definition) is 1. The molecule has 3 nitrogen and oxygen atoms in total. The molecule has 14 heavy (non-hydrogen) atoms. The molecule has 0 bridgehead atoms. The smallest absolute Gasteiger partial charge is 0.248 e. The molecule has 0 aliphatic heterocycles. The third-order valence-electron chi connectivity index (χ3n) is 2.05. The maximum absolute atomic E-state index is 10.8. The van der Waals surface area contributed by atoms with E-state index >= 15 is 0 Å². The first-order chi connectivity index (χ1) is 6.63. The van der Waals surface area contributed by atoms with Gasteiger partial charge in [-0.15, -0.1) is 0 Å². The summed E-state index contributed by atoms with van der Waals surface area (Å²) in [6.45, 7) is 4.06. The molecule has 0 saturated heterocycles. The van der Waals surface area contributed by atoms with Crippen LogP contribution in [0, 0.1) is 0 Å². The Morgan fingerprint density at radius 3 is 2.43 bits per heavy atom. The Hall–Kier alpha value is -1.51. The average molecular weight is 193 g/mol. The summed E-state index contributed by atoms with van der Waals surface area (Å²) in [6, 6.07) is 6.85. The fraction of sp³-hybridized carbons (Fsp3) is 0.364. The van der Waals surface area contributed by atoms with Gasteiger partial charge in [0, 0.05) is 5.56 Å². The van der Waals surface area contributed by atoms with Crippen LogP contribution in [0.15, 0.2) is 24.3 Å². The monoisotopic (exact) mass is 193 g/mol. The number of carbonyl (C=O) groups excluding carboxylic acids is 1. The molecule has 0 heterocycles. The molecule has 0 radical (unpaired) electrons. The van der Waals surface area contributed by atoms with Gasteiger partial charge in [-0.1, -0.05) is 6.92 Å². The van der Waals surface area contributed by atoms with E-state index in [1.807, 2.05) is 6.92 Å². The highest BCUT2D eigenvalue weighted by Gasteiger charge is 2.02. The zero-order valence-electron chi connectivity index (χ0n) is 8.49. The van der Waals surface area contributed by atoms with Gasteiger partial charge in [0.15, 0.2) is 0 Å². The van der Waals surface area contributed by atoms with Crippen molar-refractivity contribution in [2.75, 3.05) is 0 Å². The van der Waals surface area contributed by atoms with Gasteiger partial charge in [-0.2, -0.15) is 0 Å². The Morgan fingerprint density at radius 1 is 1.43 bits per heavy atom. The van der Waals surface area contributed by atoms with Gasteiger partial charge in [0.25, 0.3) is 0 Å². The molecule has 1 aromatic rings. The zero-order chi connectivity index (χ0) is 10.6. The first-order valence-corrected chi connectivity index (χ1v) is 4.70. The fourth-order valence-corrected chi connectivity index (χ4v) is 1.01. The second-order valence-electron chi connectivity index (χ2n) is 3.23. The SMILES string of the molecule is CC[C@@H](C)Oc1ccc(C(N)=O)cc1. The van der Waals surface area contributed by atoms with Gasteiger partial charge in [0.2, 0.25) is 5.91 Å². The van der Waals surface area contributed by atoms with Gasteiger partial charge >= 0.3 is 0 Å². The number of amides is 1. The van der Waals surface area contributed by atoms with E-state index in [0.717, 1.165) is 12.2 Å². The summed E-state index contributed by atoms with van der Waals surface area (Å²) in [7, 11) is 0. The van der Waals surface area contributed by atoms with Crippen LogP contribution in [-0.2, 0) is 0 Å². The maximum atomic E-state index is 10.8. The molecule has 76 valence electrons. The first-order valence-electron chi connectivity index (χ1n) is 4.70. The van der Waals surface area contributed by atoms with Crippen LogP contribution in [0.4, 0.5) is 0 Å². The molecule has 0 fully saturated rings. The van der Waals surface area contributed by atoms with Gasteiger partial charge in [0.1, 0.15) is 5.75 Å². The zero-order valence-corrected chi connectivity index (χ0v) is 8.49. The van der Waals surface area contributed by atoms with Crippen molar-refractivity contribution in [1.82, 2.24) is 0 Å². The van der Waals surface area contributed by atoms with Gasteiger partial charge < -0.3 is 10.5 Å². The summed E-state index contributed by atoms with van der Waals surface area (Å²) in [5.41, 5.74) is 5.61. The fourth-order valence-electron chi connectivity index (χ4n) is 1.01. The van der Waals surface area contributed by atoms with Crippen LogP contribution in [0.2, 0.25) is 0 Å². The van der Waals surface area contributed by atoms with Crippen molar-refractivity contribution in [3.63, 3.8) is 0 Å². The summed E-state index contributed by atoms with van der Waals surface area (Å²) in [6.07, 6.45) is 1.15. The van der Waals surface area contributed by atoms with Gasteiger partial charge in [0.05, 0.1) is 6.10 Å². The molecule has 0 aliphatic rings. The Morgan fingerprint density at radius 2 is 2.00 bits per heavy atom. The van der Waals surface area contributed by atoms with Crippen LogP contribution in [0.1, 0.15) is 30.6 Å². The molecule has 0 saturated carbocycles. The summed E-state index contributed by atoms with van der Waals surface area (Å²) in [4.78, 5) is 10.8. The van der Waals surface area contributed by atoms with E-state index in [9.17, 15) is 4.79 Å². The van der Waals surface area contributed by atoms with Crippen molar-refractivity contribution < 1.29 is 9.53 Å². The second-order valence-corrected chi connectivity index (χ2v) is 3.23. The summed E-state index contributed by atoms with van der Waals surface area (Å²) in [5.74, 6) is 0.351. The lowest BCUT2D eigenvalue weighted by Crippen LogP contribution is -2.12. The molecule has 0 aromatic heterocycles. The van der Waals surface area contributed by atoms with Crippen molar-refractivity contribution >= 4 is 5.91 Å². The van der Waals surface area contributed by atoms with Gasteiger partial charge in [-0.25, -0.2) is 0 Å². The lowest BCUT2D eigenvalue weighted by Gasteiger charge is -2.12. The maximum Gasteiger partial charge on any atom is 0.248 e. The third kappa shape index (κ3) is 2.76. The van der Waals surface area contributed by atoms with Crippen LogP contribution in [0.25, 0.3) is 0 Å². The highest BCUT2D eigenvalue weighted by atomic mass is 16.5. The van der Waals surface area contributed by atoms with E-state index in [1.54, 1.807) is 24.3 Å². The minimum atomic E-state index is -0.417. The lowest BCUT2D eigenvalue weighted by atomic mass is 10.2. The minimum absolute atomic E-state index is 0.189. The molecule has 1 amide bonds. The Labute approximate surface area is 83.9 Å². The van der Waals surface area contributed by atoms with Crippen LogP contribution in [0.5, 0.6) is 5.75 Å². The Bertz CT molecular complexity index is 306. The van der Waals surface area contributed by atoms with Crippen LogP contribution >= 0.6 is 0 Å². The number of hydrogen-bond acceptors (Lipinski definition) is 2. The first kappa shape index (κ1) is 10.6. The van der Waals surface area contributed by atoms with Crippen LogP contribution < -0.4 is 10.5 Å². The Balaban J connectivity index is 2.68. The number of rotatable bonds is 4. The second kappa shape index (κ2) is 4.65.